The first kappa shape index (κ1) is 10.5. The molecule has 1 N–H and O–H groups in total. The molecule has 0 aromatic rings. The third-order valence-electron chi connectivity index (χ3n) is 2.00. The number of rotatable bonds is 4. The van der Waals surface area contributed by atoms with E-state index in [1.165, 1.54) is 0 Å². The molecule has 0 saturated heterocycles. The van der Waals surface area contributed by atoms with Crippen LogP contribution in [-0.4, -0.2) is 23.9 Å². The van der Waals surface area contributed by atoms with Crippen LogP contribution < -0.4 is 0 Å². The van der Waals surface area contributed by atoms with E-state index >= 15 is 0 Å². The zero-order chi connectivity index (χ0) is 8.91. The van der Waals surface area contributed by atoms with Gasteiger partial charge in [0.25, 0.3) is 0 Å². The third-order valence-corrected chi connectivity index (χ3v) is 2.00. The van der Waals surface area contributed by atoms with Crippen LogP contribution in [0, 0.1) is 12.3 Å². The molecule has 0 aliphatic carbocycles. The van der Waals surface area contributed by atoms with Crippen molar-refractivity contribution in [3.05, 3.63) is 0 Å². The molecule has 0 spiro atoms. The van der Waals surface area contributed by atoms with Gasteiger partial charge in [0.1, 0.15) is 0 Å². The Balaban J connectivity index is 3.89. The Kier molecular flexibility index (Phi) is 4.17. The van der Waals surface area contributed by atoms with Crippen molar-refractivity contribution in [1.29, 1.82) is 0 Å². The van der Waals surface area contributed by atoms with Crippen LogP contribution in [0.15, 0.2) is 0 Å². The summed E-state index contributed by atoms with van der Waals surface area (Å²) >= 11 is 0. The Bertz CT molecular complexity index is 144. The fraction of sp³-hybridized carbons (Fsp3) is 0.778. The zero-order valence-corrected chi connectivity index (χ0v) is 7.42. The maximum atomic E-state index is 9.69. The van der Waals surface area contributed by atoms with E-state index in [4.69, 9.17) is 11.2 Å². The van der Waals surface area contributed by atoms with Crippen molar-refractivity contribution in [3.8, 4) is 12.3 Å². The quantitative estimate of drug-likeness (QED) is 0.619. The van der Waals surface area contributed by atoms with Crippen molar-refractivity contribution in [1.82, 2.24) is 0 Å². The minimum absolute atomic E-state index is 0.171. The first-order valence-corrected chi connectivity index (χ1v) is 3.73. The van der Waals surface area contributed by atoms with Crippen molar-refractivity contribution in [2.75, 3.05) is 7.11 Å². The first-order chi connectivity index (χ1) is 5.04. The van der Waals surface area contributed by atoms with Gasteiger partial charge in [-0.25, -0.2) is 0 Å². The number of hydrogen-bond donors (Lipinski definition) is 1. The van der Waals surface area contributed by atoms with E-state index in [1.54, 1.807) is 14.0 Å². The molecule has 2 unspecified atom stereocenters. The van der Waals surface area contributed by atoms with Gasteiger partial charge >= 0.3 is 0 Å². The van der Waals surface area contributed by atoms with Gasteiger partial charge in [-0.15, -0.1) is 12.3 Å². The van der Waals surface area contributed by atoms with Crippen LogP contribution in [0.3, 0.4) is 0 Å². The fourth-order valence-corrected chi connectivity index (χ4v) is 0.782. The molecule has 0 aliphatic heterocycles. The van der Waals surface area contributed by atoms with Gasteiger partial charge < -0.3 is 9.84 Å². The molecule has 0 aliphatic rings. The summed E-state index contributed by atoms with van der Waals surface area (Å²) < 4.78 is 4.99. The molecule has 2 atom stereocenters. The summed E-state index contributed by atoms with van der Waals surface area (Å²) in [4.78, 5) is 0. The molecule has 0 aromatic carbocycles. The second kappa shape index (κ2) is 4.38. The van der Waals surface area contributed by atoms with Crippen LogP contribution in [0.5, 0.6) is 0 Å². The molecule has 0 amide bonds. The fourth-order valence-electron chi connectivity index (χ4n) is 0.782. The first-order valence-electron chi connectivity index (χ1n) is 3.73. The monoisotopic (exact) mass is 156 g/mol. The lowest BCUT2D eigenvalue weighted by molar-refractivity contribution is -0.0760. The van der Waals surface area contributed by atoms with E-state index in [1.807, 2.05) is 6.92 Å². The molecule has 64 valence electrons. The second-order valence-electron chi connectivity index (χ2n) is 2.94. The minimum atomic E-state index is -0.804. The number of aliphatic hydroxyl groups is 1. The van der Waals surface area contributed by atoms with Gasteiger partial charge in [-0.1, -0.05) is 0 Å². The number of terminal acetylenes is 1. The largest absolute Gasteiger partial charge is 0.387 e. The molecule has 2 nitrogen and oxygen atoms in total. The average Bonchev–Trinajstić information content (AvgIpc) is 1.99. The van der Waals surface area contributed by atoms with E-state index in [-0.39, 0.29) is 6.10 Å². The highest BCUT2D eigenvalue weighted by atomic mass is 16.5. The topological polar surface area (TPSA) is 29.5 Å². The summed E-state index contributed by atoms with van der Waals surface area (Å²) in [5, 5.41) is 9.69. The summed E-state index contributed by atoms with van der Waals surface area (Å²) in [6.45, 7) is 3.56. The molecule has 0 heterocycles. The summed E-state index contributed by atoms with van der Waals surface area (Å²) in [5.41, 5.74) is -0.804. The maximum absolute atomic E-state index is 9.69. The highest BCUT2D eigenvalue weighted by Gasteiger charge is 2.27. The molecule has 0 saturated carbocycles. The van der Waals surface area contributed by atoms with E-state index in [0.717, 1.165) is 0 Å². The van der Waals surface area contributed by atoms with Gasteiger partial charge in [0, 0.05) is 13.5 Å². The summed E-state index contributed by atoms with van der Waals surface area (Å²) in [5.74, 6) is 2.49. The highest BCUT2D eigenvalue weighted by molar-refractivity contribution is 4.89. The van der Waals surface area contributed by atoms with Crippen LogP contribution in [-0.2, 0) is 4.74 Å². The maximum Gasteiger partial charge on any atom is 0.0886 e. The number of methoxy groups -OCH3 is 1. The minimum Gasteiger partial charge on any atom is -0.387 e. The van der Waals surface area contributed by atoms with Gasteiger partial charge in [-0.3, -0.25) is 0 Å². The Morgan fingerprint density at radius 3 is 2.64 bits per heavy atom. The van der Waals surface area contributed by atoms with Crippen molar-refractivity contribution < 1.29 is 9.84 Å². The normalized spacial score (nSPS) is 18.5. The van der Waals surface area contributed by atoms with Gasteiger partial charge in [-0.2, -0.15) is 0 Å². The molecule has 11 heavy (non-hydrogen) atoms. The van der Waals surface area contributed by atoms with Crippen LogP contribution in [0.4, 0.5) is 0 Å². The molecule has 0 aromatic heterocycles. The smallest absolute Gasteiger partial charge is 0.0886 e. The van der Waals surface area contributed by atoms with E-state index in [0.29, 0.717) is 12.8 Å². The van der Waals surface area contributed by atoms with Crippen LogP contribution in [0.2, 0.25) is 0 Å². The summed E-state index contributed by atoms with van der Waals surface area (Å²) in [6, 6.07) is 0. The van der Waals surface area contributed by atoms with Crippen molar-refractivity contribution >= 4 is 0 Å². The number of ether oxygens (including phenoxy) is 1. The van der Waals surface area contributed by atoms with Gasteiger partial charge in [0.05, 0.1) is 11.7 Å². The Morgan fingerprint density at radius 1 is 1.73 bits per heavy atom. The lowest BCUT2D eigenvalue weighted by Gasteiger charge is -2.28. The predicted octanol–water partition coefficient (Wildman–Crippen LogP) is 1.19. The molecular weight excluding hydrogens is 140 g/mol. The Labute approximate surface area is 68.6 Å². The van der Waals surface area contributed by atoms with E-state index in [9.17, 15) is 5.11 Å². The van der Waals surface area contributed by atoms with E-state index in [2.05, 4.69) is 5.92 Å². The molecular formula is C9H16O2. The van der Waals surface area contributed by atoms with Crippen LogP contribution in [0.1, 0.15) is 26.7 Å². The van der Waals surface area contributed by atoms with Crippen molar-refractivity contribution in [3.63, 3.8) is 0 Å². The standard InChI is InChI=1S/C9H16O2/c1-5-6-7-9(3,10)8(2)11-4/h1,8,10H,6-7H2,2-4H3. The lowest BCUT2D eigenvalue weighted by Crippen LogP contribution is -2.38. The van der Waals surface area contributed by atoms with Crippen molar-refractivity contribution in [2.24, 2.45) is 0 Å². The molecule has 0 radical (unpaired) electrons. The predicted molar refractivity (Wildman–Crippen MR) is 45.2 cm³/mol. The SMILES string of the molecule is C#CCCC(C)(O)C(C)OC. The number of hydrogen-bond acceptors (Lipinski definition) is 2. The molecule has 0 fully saturated rings. The Morgan fingerprint density at radius 2 is 2.27 bits per heavy atom. The van der Waals surface area contributed by atoms with Gasteiger partial charge in [0.15, 0.2) is 0 Å². The van der Waals surface area contributed by atoms with E-state index < -0.39 is 5.60 Å². The van der Waals surface area contributed by atoms with Crippen molar-refractivity contribution in [2.45, 2.75) is 38.4 Å². The van der Waals surface area contributed by atoms with Crippen LogP contribution in [0.25, 0.3) is 0 Å². The molecule has 2 heteroatoms. The molecule has 0 rings (SSSR count). The Hall–Kier alpha value is -0.520. The van der Waals surface area contributed by atoms with Crippen LogP contribution >= 0.6 is 0 Å². The molecule has 0 bridgehead atoms. The third kappa shape index (κ3) is 3.41. The second-order valence-corrected chi connectivity index (χ2v) is 2.94. The highest BCUT2D eigenvalue weighted by Crippen LogP contribution is 2.18. The summed E-state index contributed by atoms with van der Waals surface area (Å²) in [7, 11) is 1.58. The lowest BCUT2D eigenvalue weighted by atomic mass is 9.95. The zero-order valence-electron chi connectivity index (χ0n) is 7.42. The van der Waals surface area contributed by atoms with Gasteiger partial charge in [-0.05, 0) is 20.3 Å². The summed E-state index contributed by atoms with van der Waals surface area (Å²) in [6.07, 6.45) is 6.07. The van der Waals surface area contributed by atoms with Gasteiger partial charge in [0.2, 0.25) is 0 Å². The average molecular weight is 156 g/mol.